The van der Waals surface area contributed by atoms with Gasteiger partial charge in [0.25, 0.3) is 5.91 Å². The molecule has 0 bridgehead atoms. The number of nitrogens with two attached hydrogens (primary N) is 2. The van der Waals surface area contributed by atoms with Gasteiger partial charge in [0.05, 0.1) is 37.0 Å². The molecule has 1 saturated heterocycles. The van der Waals surface area contributed by atoms with E-state index in [2.05, 4.69) is 24.3 Å². The molecule has 1 unspecified atom stereocenters. The molecule has 13 heteroatoms. The standard InChI is InChI=1S/C35H49N5O7.ClH/c1-24(28(36)15-17-31(37)41)47-23-26-13-11-25(12-14-26)7-5-19-45-21-22-46-20-6-9-27-8-4-10-29-33(27)39(3)35(44)40(29)30-16-18-32(42)38(2)34(30)43;/h4,8,10-14,24,28,30H,5-7,9,15-23,36H2,1-3H3,(H2,37,41);1H/t24-,28+,30?;/m1./s1. The Balaban J connectivity index is 0.00000625. The fraction of sp³-hybridized carbons (Fsp3) is 0.543. The summed E-state index contributed by atoms with van der Waals surface area (Å²) in [5, 5.41) is 0. The molecule has 0 spiro atoms. The topological polar surface area (TPSA) is 161 Å². The second-order valence-electron chi connectivity index (χ2n) is 12.3. The van der Waals surface area contributed by atoms with E-state index in [9.17, 15) is 19.2 Å². The number of nitrogens with zero attached hydrogens (tertiary/aromatic N) is 3. The summed E-state index contributed by atoms with van der Waals surface area (Å²) in [6.07, 6.45) is 4.48. The highest BCUT2D eigenvalue weighted by molar-refractivity contribution is 6.00. The lowest BCUT2D eigenvalue weighted by atomic mass is 10.0. The molecule has 3 atom stereocenters. The Bertz CT molecular complexity index is 1570. The van der Waals surface area contributed by atoms with Crippen LogP contribution in [0.3, 0.4) is 0 Å². The van der Waals surface area contributed by atoms with E-state index < -0.39 is 6.04 Å². The van der Waals surface area contributed by atoms with Gasteiger partial charge >= 0.3 is 5.69 Å². The van der Waals surface area contributed by atoms with Crippen LogP contribution in [0.2, 0.25) is 0 Å². The second kappa shape index (κ2) is 18.8. The fourth-order valence-corrected chi connectivity index (χ4v) is 5.92. The van der Waals surface area contributed by atoms with E-state index in [-0.39, 0.29) is 60.8 Å². The molecule has 2 heterocycles. The predicted molar refractivity (Wildman–Crippen MR) is 186 cm³/mol. The molecule has 4 rings (SSSR count). The molecule has 12 nitrogen and oxygen atoms in total. The molecule has 48 heavy (non-hydrogen) atoms. The number of hydrogen-bond acceptors (Lipinski definition) is 8. The first-order valence-electron chi connectivity index (χ1n) is 16.5. The average molecular weight is 688 g/mol. The molecule has 3 aromatic rings. The smallest absolute Gasteiger partial charge is 0.329 e. The largest absolute Gasteiger partial charge is 0.379 e. The Morgan fingerprint density at radius 1 is 0.938 bits per heavy atom. The minimum Gasteiger partial charge on any atom is -0.379 e. The number of carbonyl (C=O) groups is 3. The summed E-state index contributed by atoms with van der Waals surface area (Å²) >= 11 is 0. The van der Waals surface area contributed by atoms with Crippen molar-refractivity contribution < 1.29 is 28.6 Å². The lowest BCUT2D eigenvalue weighted by Crippen LogP contribution is -2.45. The summed E-state index contributed by atoms with van der Waals surface area (Å²) in [5.74, 6) is -0.918. The van der Waals surface area contributed by atoms with Crippen molar-refractivity contribution in [2.75, 3.05) is 33.5 Å². The lowest BCUT2D eigenvalue weighted by Gasteiger charge is -2.28. The number of amides is 3. The number of para-hydroxylation sites is 1. The van der Waals surface area contributed by atoms with Crippen LogP contribution in [-0.4, -0.2) is 77.4 Å². The zero-order valence-corrected chi connectivity index (χ0v) is 29.0. The van der Waals surface area contributed by atoms with Crippen LogP contribution in [0, 0.1) is 0 Å². The molecule has 0 radical (unpaired) electrons. The van der Waals surface area contributed by atoms with E-state index in [4.69, 9.17) is 25.7 Å². The molecular formula is C35H50ClN5O7. The summed E-state index contributed by atoms with van der Waals surface area (Å²) < 4.78 is 20.5. The van der Waals surface area contributed by atoms with Gasteiger partial charge in [-0.15, -0.1) is 12.4 Å². The van der Waals surface area contributed by atoms with Gasteiger partial charge in [-0.25, -0.2) is 4.79 Å². The van der Waals surface area contributed by atoms with Crippen LogP contribution in [-0.2, 0) is 55.1 Å². The molecule has 264 valence electrons. The molecule has 1 aliphatic heterocycles. The van der Waals surface area contributed by atoms with Gasteiger partial charge in [-0.05, 0) is 68.2 Å². The Morgan fingerprint density at radius 3 is 2.25 bits per heavy atom. The first-order valence-corrected chi connectivity index (χ1v) is 16.5. The fourth-order valence-electron chi connectivity index (χ4n) is 5.92. The highest BCUT2D eigenvalue weighted by Crippen LogP contribution is 2.27. The highest BCUT2D eigenvalue weighted by atomic mass is 35.5. The third-order valence-corrected chi connectivity index (χ3v) is 8.84. The van der Waals surface area contributed by atoms with Crippen molar-refractivity contribution in [1.82, 2.24) is 14.0 Å². The maximum Gasteiger partial charge on any atom is 0.329 e. The van der Waals surface area contributed by atoms with E-state index >= 15 is 0 Å². The van der Waals surface area contributed by atoms with Crippen LogP contribution in [0.25, 0.3) is 11.0 Å². The quantitative estimate of drug-likeness (QED) is 0.144. The first-order chi connectivity index (χ1) is 22.6. The minimum absolute atomic E-state index is 0. The minimum atomic E-state index is -0.680. The Kier molecular flexibility index (Phi) is 15.3. The summed E-state index contributed by atoms with van der Waals surface area (Å²) in [6.45, 7) is 4.61. The number of ether oxygens (including phenoxy) is 3. The zero-order chi connectivity index (χ0) is 33.9. The molecule has 1 aliphatic rings. The van der Waals surface area contributed by atoms with Crippen molar-refractivity contribution in [2.45, 2.75) is 83.1 Å². The normalized spacial score (nSPS) is 16.2. The number of fused-ring (bicyclic) bond motifs is 1. The van der Waals surface area contributed by atoms with Gasteiger partial charge in [0.2, 0.25) is 11.8 Å². The number of hydrogen-bond donors (Lipinski definition) is 2. The number of aryl methyl sites for hydroxylation is 3. The van der Waals surface area contributed by atoms with Crippen LogP contribution in [0.1, 0.15) is 68.2 Å². The molecule has 0 saturated carbocycles. The summed E-state index contributed by atoms with van der Waals surface area (Å²) in [4.78, 5) is 50.1. The molecule has 0 aliphatic carbocycles. The van der Waals surface area contributed by atoms with Crippen molar-refractivity contribution >= 4 is 41.2 Å². The lowest BCUT2D eigenvalue weighted by molar-refractivity contribution is -0.149. The number of likely N-dealkylation sites (N-methyl/N-ethyl adjacent to an activating group) is 1. The predicted octanol–water partition coefficient (Wildman–Crippen LogP) is 3.18. The van der Waals surface area contributed by atoms with Crippen LogP contribution in [0.4, 0.5) is 0 Å². The molecular weight excluding hydrogens is 638 g/mol. The van der Waals surface area contributed by atoms with E-state index in [0.29, 0.717) is 51.4 Å². The summed E-state index contributed by atoms with van der Waals surface area (Å²) in [5.41, 5.74) is 15.8. The number of likely N-dealkylation sites (tertiary alicyclic amines) is 1. The van der Waals surface area contributed by atoms with E-state index in [1.54, 1.807) is 16.2 Å². The molecule has 2 aromatic carbocycles. The molecule has 1 aromatic heterocycles. The van der Waals surface area contributed by atoms with Gasteiger partial charge in [-0.1, -0.05) is 36.4 Å². The van der Waals surface area contributed by atoms with Gasteiger partial charge in [0, 0.05) is 46.2 Å². The number of imide groups is 1. The van der Waals surface area contributed by atoms with Crippen LogP contribution < -0.4 is 17.2 Å². The van der Waals surface area contributed by atoms with E-state index in [1.165, 1.54) is 12.6 Å². The number of aromatic nitrogens is 2. The van der Waals surface area contributed by atoms with Crippen LogP contribution >= 0.6 is 12.4 Å². The number of primary amides is 1. The van der Waals surface area contributed by atoms with Crippen molar-refractivity contribution in [2.24, 2.45) is 18.5 Å². The van der Waals surface area contributed by atoms with E-state index in [0.717, 1.165) is 47.2 Å². The Labute approximate surface area is 288 Å². The maximum absolute atomic E-state index is 13.2. The van der Waals surface area contributed by atoms with Gasteiger partial charge in [0.1, 0.15) is 6.04 Å². The SMILES string of the molecule is C[C@@H](OCc1ccc(CCCOCCOCCCc2cccc3c2n(C)c(=O)n3C2CCC(=O)N(C)C2=O)cc1)[C@@H](N)CCC(N)=O.Cl. The number of halogens is 1. The Hall–Kier alpha value is -3.55. The number of benzene rings is 2. The monoisotopic (exact) mass is 687 g/mol. The number of carbonyl (C=O) groups excluding carboxylic acids is 3. The van der Waals surface area contributed by atoms with Gasteiger partial charge in [0.15, 0.2) is 0 Å². The van der Waals surface area contributed by atoms with Crippen LogP contribution in [0.15, 0.2) is 47.3 Å². The number of piperidine rings is 1. The highest BCUT2D eigenvalue weighted by Gasteiger charge is 2.35. The first kappa shape index (κ1) is 38.9. The van der Waals surface area contributed by atoms with Crippen molar-refractivity contribution in [1.29, 1.82) is 0 Å². The molecule has 4 N–H and O–H groups in total. The zero-order valence-electron chi connectivity index (χ0n) is 28.2. The van der Waals surface area contributed by atoms with Crippen molar-refractivity contribution in [3.63, 3.8) is 0 Å². The number of rotatable bonds is 19. The number of imidazole rings is 1. The van der Waals surface area contributed by atoms with Gasteiger partial charge in [-0.2, -0.15) is 0 Å². The van der Waals surface area contributed by atoms with Crippen LogP contribution in [0.5, 0.6) is 0 Å². The maximum atomic E-state index is 13.2. The van der Waals surface area contributed by atoms with Crippen molar-refractivity contribution in [3.8, 4) is 0 Å². The van der Waals surface area contributed by atoms with Gasteiger partial charge in [-0.3, -0.25) is 28.4 Å². The molecule has 1 fully saturated rings. The second-order valence-corrected chi connectivity index (χ2v) is 12.3. The summed E-state index contributed by atoms with van der Waals surface area (Å²) in [7, 11) is 3.20. The third kappa shape index (κ3) is 10.2. The summed E-state index contributed by atoms with van der Waals surface area (Å²) in [6, 6.07) is 13.2. The third-order valence-electron chi connectivity index (χ3n) is 8.84. The Morgan fingerprint density at radius 2 is 1.58 bits per heavy atom. The average Bonchev–Trinajstić information content (AvgIpc) is 3.32. The van der Waals surface area contributed by atoms with Gasteiger partial charge < -0.3 is 25.7 Å². The molecule has 3 amide bonds. The van der Waals surface area contributed by atoms with Crippen molar-refractivity contribution in [3.05, 3.63) is 69.6 Å². The van der Waals surface area contributed by atoms with E-state index in [1.807, 2.05) is 25.1 Å².